The predicted molar refractivity (Wildman–Crippen MR) is 77.2 cm³/mol. The summed E-state index contributed by atoms with van der Waals surface area (Å²) in [6.07, 6.45) is -5.06. The number of aromatic amines is 1. The van der Waals surface area contributed by atoms with Crippen molar-refractivity contribution in [3.63, 3.8) is 0 Å². The van der Waals surface area contributed by atoms with Gasteiger partial charge in [-0.1, -0.05) is 0 Å². The lowest BCUT2D eigenvalue weighted by Gasteiger charge is -2.16. The van der Waals surface area contributed by atoms with E-state index >= 15 is 0 Å². The van der Waals surface area contributed by atoms with Gasteiger partial charge in [-0.15, -0.1) is 4.67 Å². The highest BCUT2D eigenvalue weighted by Crippen LogP contribution is 2.57. The Labute approximate surface area is 143 Å². The van der Waals surface area contributed by atoms with Crippen LogP contribution in [-0.4, -0.2) is 59.4 Å². The van der Waals surface area contributed by atoms with E-state index in [2.05, 4.69) is 13.9 Å². The highest BCUT2D eigenvalue weighted by atomic mass is 31.3. The maximum absolute atomic E-state index is 11.7. The molecule has 2 rings (SSSR count). The van der Waals surface area contributed by atoms with Gasteiger partial charge in [0.25, 0.3) is 5.56 Å². The van der Waals surface area contributed by atoms with E-state index in [1.54, 1.807) is 0 Å². The van der Waals surface area contributed by atoms with Crippen LogP contribution in [0.1, 0.15) is 6.23 Å². The predicted octanol–water partition coefficient (Wildman–Crippen LogP) is -2.69. The van der Waals surface area contributed by atoms with Crippen molar-refractivity contribution >= 4 is 15.6 Å². The van der Waals surface area contributed by atoms with Crippen LogP contribution in [0.3, 0.4) is 0 Å². The van der Waals surface area contributed by atoms with Crippen molar-refractivity contribution in [3.05, 3.63) is 33.1 Å². The third kappa shape index (κ3) is 5.39. The molecule has 0 bridgehead atoms. The van der Waals surface area contributed by atoms with Gasteiger partial charge in [-0.3, -0.25) is 14.3 Å². The SMILES string of the molecule is O=c1ccn([C@@H]2O[C@H](COOP(=O)(O)OP(=O)(O)O)[C@@H](O)[C@H]2O)c(=O)[nH]1. The van der Waals surface area contributed by atoms with Gasteiger partial charge in [0.15, 0.2) is 6.23 Å². The molecule has 15 nitrogen and oxygen atoms in total. The largest absolute Gasteiger partial charge is 0.508 e. The summed E-state index contributed by atoms with van der Waals surface area (Å²) in [7, 11) is -10.6. The molecule has 0 saturated carbocycles. The standard InChI is InChI=1S/C9H14N2O13P2/c12-5-1-2-11(9(15)10-5)8-7(14)6(13)4(22-8)3-21-23-26(19,20)24-25(16,17)18/h1-2,4,6-8,13-14H,3H2,(H,19,20)(H,10,12,15)(H2,16,17,18)/t4-,6-,7-,8-/m1/s1. The summed E-state index contributed by atoms with van der Waals surface area (Å²) in [5.41, 5.74) is -1.63. The average Bonchev–Trinajstić information content (AvgIpc) is 2.73. The maximum Gasteiger partial charge on any atom is 0.508 e. The molecule has 1 aromatic heterocycles. The first kappa shape index (κ1) is 21.1. The monoisotopic (exact) mass is 420 g/mol. The second-order valence-corrected chi connectivity index (χ2v) is 7.68. The molecule has 26 heavy (non-hydrogen) atoms. The fraction of sp³-hybridized carbons (Fsp3) is 0.556. The van der Waals surface area contributed by atoms with Crippen molar-refractivity contribution in [2.24, 2.45) is 0 Å². The normalized spacial score (nSPS) is 28.8. The summed E-state index contributed by atoms with van der Waals surface area (Å²) in [6.45, 7) is -0.790. The van der Waals surface area contributed by atoms with Gasteiger partial charge in [-0.05, 0) is 0 Å². The highest BCUT2D eigenvalue weighted by Gasteiger charge is 2.45. The first-order valence-corrected chi connectivity index (χ1v) is 9.66. The number of ether oxygens (including phenoxy) is 1. The molecule has 0 aliphatic carbocycles. The molecule has 0 radical (unpaired) electrons. The van der Waals surface area contributed by atoms with E-state index in [0.717, 1.165) is 16.8 Å². The Bertz CT molecular complexity index is 845. The topological polar surface area (TPSA) is 227 Å². The van der Waals surface area contributed by atoms with Crippen molar-refractivity contribution in [2.45, 2.75) is 24.5 Å². The zero-order valence-corrected chi connectivity index (χ0v) is 14.3. The number of H-pyrrole nitrogens is 1. The molecule has 0 aromatic carbocycles. The van der Waals surface area contributed by atoms with E-state index in [1.807, 2.05) is 4.98 Å². The van der Waals surface area contributed by atoms with Gasteiger partial charge in [0, 0.05) is 12.3 Å². The molecule has 0 spiro atoms. The van der Waals surface area contributed by atoms with Crippen LogP contribution < -0.4 is 11.2 Å². The van der Waals surface area contributed by atoms with Crippen LogP contribution in [0.15, 0.2) is 21.9 Å². The molecule has 1 aliphatic heterocycles. The number of aliphatic hydroxyl groups excluding tert-OH is 2. The Kier molecular flexibility index (Phi) is 6.32. The van der Waals surface area contributed by atoms with E-state index in [4.69, 9.17) is 19.4 Å². The van der Waals surface area contributed by atoms with Crippen molar-refractivity contribution in [1.29, 1.82) is 0 Å². The number of nitrogens with one attached hydrogen (secondary N) is 1. The van der Waals surface area contributed by atoms with E-state index in [9.17, 15) is 28.9 Å². The number of hydrogen-bond donors (Lipinski definition) is 6. The van der Waals surface area contributed by atoms with Crippen molar-refractivity contribution in [2.75, 3.05) is 6.61 Å². The fourth-order valence-electron chi connectivity index (χ4n) is 2.04. The summed E-state index contributed by atoms with van der Waals surface area (Å²) < 4.78 is 34.9. The molecule has 5 atom stereocenters. The molecule has 1 saturated heterocycles. The Hall–Kier alpha value is -1.22. The summed E-state index contributed by atoms with van der Waals surface area (Å²) >= 11 is 0. The molecule has 1 fully saturated rings. The molecule has 1 aliphatic rings. The average molecular weight is 420 g/mol. The zero-order chi connectivity index (χ0) is 19.7. The number of rotatable bonds is 7. The lowest BCUT2D eigenvalue weighted by Crippen LogP contribution is -2.37. The van der Waals surface area contributed by atoms with Gasteiger partial charge in [0.1, 0.15) is 24.9 Å². The fourth-order valence-corrected chi connectivity index (χ4v) is 3.41. The molecule has 2 heterocycles. The van der Waals surface area contributed by atoms with Gasteiger partial charge in [-0.25, -0.2) is 18.8 Å². The number of hydrogen-bond acceptors (Lipinski definition) is 10. The van der Waals surface area contributed by atoms with Crippen LogP contribution in [0, 0.1) is 0 Å². The van der Waals surface area contributed by atoms with Crippen molar-refractivity contribution < 1.29 is 52.6 Å². The molecule has 1 unspecified atom stereocenters. The third-order valence-corrected chi connectivity index (χ3v) is 5.02. The second-order valence-electron chi connectivity index (χ2n) is 4.96. The van der Waals surface area contributed by atoms with Gasteiger partial charge in [0.2, 0.25) is 0 Å². The zero-order valence-electron chi connectivity index (χ0n) is 12.5. The summed E-state index contributed by atoms with van der Waals surface area (Å²) in [6, 6.07) is 0.970. The van der Waals surface area contributed by atoms with Gasteiger partial charge in [-0.2, -0.15) is 4.31 Å². The lowest BCUT2D eigenvalue weighted by atomic mass is 10.1. The van der Waals surface area contributed by atoms with Crippen molar-refractivity contribution in [3.8, 4) is 0 Å². The lowest BCUT2D eigenvalue weighted by molar-refractivity contribution is -0.245. The maximum atomic E-state index is 11.7. The van der Waals surface area contributed by atoms with E-state index in [-0.39, 0.29) is 0 Å². The Balaban J connectivity index is 2.00. The number of nitrogens with zero attached hydrogens (tertiary/aromatic N) is 1. The first-order chi connectivity index (χ1) is 11.9. The van der Waals surface area contributed by atoms with Crippen LogP contribution in [0.25, 0.3) is 0 Å². The van der Waals surface area contributed by atoms with Crippen LogP contribution >= 0.6 is 15.6 Å². The molecule has 6 N–H and O–H groups in total. The smallest absolute Gasteiger partial charge is 0.387 e. The Morgan fingerprint density at radius 1 is 1.19 bits per heavy atom. The minimum absolute atomic E-state index is 0.698. The minimum atomic E-state index is -5.34. The minimum Gasteiger partial charge on any atom is -0.387 e. The Morgan fingerprint density at radius 3 is 2.42 bits per heavy atom. The van der Waals surface area contributed by atoms with Crippen molar-refractivity contribution in [1.82, 2.24) is 9.55 Å². The highest BCUT2D eigenvalue weighted by molar-refractivity contribution is 7.60. The number of aliphatic hydroxyl groups is 2. The van der Waals surface area contributed by atoms with Crippen LogP contribution in [0.5, 0.6) is 0 Å². The van der Waals surface area contributed by atoms with E-state index in [0.29, 0.717) is 0 Å². The van der Waals surface area contributed by atoms with Gasteiger partial charge >= 0.3 is 21.3 Å². The molecule has 148 valence electrons. The van der Waals surface area contributed by atoms with Gasteiger partial charge in [0.05, 0.1) is 0 Å². The van der Waals surface area contributed by atoms with Crippen LogP contribution in [0.4, 0.5) is 0 Å². The number of phosphoric acid groups is 2. The molecular weight excluding hydrogens is 406 g/mol. The Morgan fingerprint density at radius 2 is 1.85 bits per heavy atom. The summed E-state index contributed by atoms with van der Waals surface area (Å²) in [4.78, 5) is 54.7. The third-order valence-electron chi connectivity index (χ3n) is 3.05. The number of aromatic nitrogens is 2. The summed E-state index contributed by atoms with van der Waals surface area (Å²) in [5.74, 6) is 0. The molecule has 1 aromatic rings. The second kappa shape index (κ2) is 7.80. The first-order valence-electron chi connectivity index (χ1n) is 6.63. The van der Waals surface area contributed by atoms with E-state index < -0.39 is 58.0 Å². The molecule has 0 amide bonds. The quantitative estimate of drug-likeness (QED) is 0.150. The van der Waals surface area contributed by atoms with E-state index in [1.165, 1.54) is 0 Å². The molecular formula is C9H14N2O13P2. The van der Waals surface area contributed by atoms with Gasteiger partial charge < -0.3 is 29.6 Å². The summed E-state index contributed by atoms with van der Waals surface area (Å²) in [5, 5.41) is 19.8. The molecule has 17 heteroatoms. The van der Waals surface area contributed by atoms with Crippen LogP contribution in [-0.2, 0) is 27.7 Å². The van der Waals surface area contributed by atoms with Crippen LogP contribution in [0.2, 0.25) is 0 Å².